The van der Waals surface area contributed by atoms with E-state index in [0.29, 0.717) is 17.4 Å². The maximum atomic E-state index is 12.3. The first kappa shape index (κ1) is 19.2. The molecule has 0 aliphatic rings. The minimum atomic E-state index is -3.77. The van der Waals surface area contributed by atoms with Crippen LogP contribution < -0.4 is 16.1 Å². The number of anilines is 1. The average Bonchev–Trinajstić information content (AvgIpc) is 2.88. The third-order valence-electron chi connectivity index (χ3n) is 3.27. The lowest BCUT2D eigenvalue weighted by Gasteiger charge is -2.12. The Bertz CT molecular complexity index is 902. The van der Waals surface area contributed by atoms with Gasteiger partial charge in [0.25, 0.3) is 0 Å². The van der Waals surface area contributed by atoms with Gasteiger partial charge in [-0.05, 0) is 37.6 Å². The van der Waals surface area contributed by atoms with Crippen molar-refractivity contribution in [3.05, 3.63) is 34.7 Å². The summed E-state index contributed by atoms with van der Waals surface area (Å²) in [6.07, 6.45) is 0.768. The number of primary sulfonamides is 1. The number of aromatic nitrogens is 3. The van der Waals surface area contributed by atoms with E-state index in [1.807, 2.05) is 6.92 Å². The Balaban J connectivity index is 2.04. The Hall–Kier alpha value is -2.11. The van der Waals surface area contributed by atoms with E-state index in [0.717, 1.165) is 18.2 Å². The van der Waals surface area contributed by atoms with Crippen LogP contribution in [-0.4, -0.2) is 34.3 Å². The van der Waals surface area contributed by atoms with E-state index in [9.17, 15) is 18.0 Å². The number of amides is 1. The molecular formula is C14H19N5O4S2. The van der Waals surface area contributed by atoms with E-state index >= 15 is 0 Å². The molecule has 4 N–H and O–H groups in total. The number of hydrogen-bond acceptors (Lipinski definition) is 6. The summed E-state index contributed by atoms with van der Waals surface area (Å²) in [5.74, 6) is -0.299. The number of nitrogens with one attached hydrogen (secondary N) is 2. The van der Waals surface area contributed by atoms with Crippen molar-refractivity contribution in [2.24, 2.45) is 5.14 Å². The fourth-order valence-electron chi connectivity index (χ4n) is 2.00. The molecule has 0 spiro atoms. The normalized spacial score (nSPS) is 12.8. The number of H-pyrrole nitrogens is 1. The third kappa shape index (κ3) is 4.94. The maximum Gasteiger partial charge on any atom is 0.343 e. The van der Waals surface area contributed by atoms with Crippen LogP contribution in [0.25, 0.3) is 0 Å². The molecule has 0 saturated heterocycles. The van der Waals surface area contributed by atoms with Crippen LogP contribution in [0, 0.1) is 0 Å². The van der Waals surface area contributed by atoms with E-state index in [-0.39, 0.29) is 16.5 Å². The highest BCUT2D eigenvalue weighted by atomic mass is 32.2. The van der Waals surface area contributed by atoms with Gasteiger partial charge in [0.1, 0.15) is 0 Å². The van der Waals surface area contributed by atoms with Gasteiger partial charge in [0.05, 0.1) is 10.1 Å². The number of aromatic amines is 1. The lowest BCUT2D eigenvalue weighted by molar-refractivity contribution is -0.115. The first-order chi connectivity index (χ1) is 11.7. The van der Waals surface area contributed by atoms with Crippen molar-refractivity contribution in [2.45, 2.75) is 42.1 Å². The van der Waals surface area contributed by atoms with Crippen LogP contribution in [0.1, 0.15) is 20.3 Å². The molecule has 0 radical (unpaired) electrons. The van der Waals surface area contributed by atoms with Crippen LogP contribution in [0.2, 0.25) is 0 Å². The van der Waals surface area contributed by atoms with Gasteiger partial charge in [-0.2, -0.15) is 0 Å². The molecule has 0 unspecified atom stereocenters. The quantitative estimate of drug-likeness (QED) is 0.601. The topological polar surface area (TPSA) is 140 Å². The summed E-state index contributed by atoms with van der Waals surface area (Å²) in [4.78, 5) is 23.9. The molecule has 9 nitrogen and oxygen atoms in total. The van der Waals surface area contributed by atoms with Crippen LogP contribution in [0.15, 0.2) is 39.1 Å². The molecule has 25 heavy (non-hydrogen) atoms. The minimum Gasteiger partial charge on any atom is -0.325 e. The summed E-state index contributed by atoms with van der Waals surface area (Å²) in [7, 11) is -3.77. The van der Waals surface area contributed by atoms with Gasteiger partial charge < -0.3 is 5.32 Å². The molecule has 2 aromatic rings. The number of thioether (sulfide) groups is 1. The summed E-state index contributed by atoms with van der Waals surface area (Å²) in [5, 5.41) is 13.9. The summed E-state index contributed by atoms with van der Waals surface area (Å²) in [5.41, 5.74) is 0.133. The number of nitrogens with zero attached hydrogens (tertiary/aromatic N) is 2. The van der Waals surface area contributed by atoms with Crippen LogP contribution in [-0.2, 0) is 21.4 Å². The van der Waals surface area contributed by atoms with Crippen molar-refractivity contribution in [3.8, 4) is 0 Å². The van der Waals surface area contributed by atoms with Gasteiger partial charge in [-0.1, -0.05) is 18.7 Å². The number of sulfonamides is 1. The maximum absolute atomic E-state index is 12.3. The standard InChI is InChI=1S/C14H19N5O4S2/c1-3-8-19-13(21)17-18-14(19)24-9(2)12(20)16-10-4-6-11(7-5-10)25(15,22)23/h4-7,9H,3,8H2,1-2H3,(H,16,20)(H,17,21)(H2,15,22,23)/t9-/m1/s1. The largest absolute Gasteiger partial charge is 0.343 e. The summed E-state index contributed by atoms with van der Waals surface area (Å²) >= 11 is 1.16. The molecule has 0 bridgehead atoms. The molecular weight excluding hydrogens is 366 g/mol. The number of nitrogens with two attached hydrogens (primary N) is 1. The first-order valence-corrected chi connectivity index (χ1v) is 9.90. The molecule has 1 aromatic heterocycles. The van der Waals surface area contributed by atoms with Crippen molar-refractivity contribution in [1.82, 2.24) is 14.8 Å². The number of rotatable bonds is 7. The number of carbonyl (C=O) groups is 1. The molecule has 0 fully saturated rings. The van der Waals surface area contributed by atoms with Crippen LogP contribution in [0.4, 0.5) is 5.69 Å². The number of benzene rings is 1. The molecule has 1 heterocycles. The van der Waals surface area contributed by atoms with Gasteiger partial charge in [-0.15, -0.1) is 5.10 Å². The zero-order valence-electron chi connectivity index (χ0n) is 13.7. The second kappa shape index (κ2) is 7.85. The van der Waals surface area contributed by atoms with Crippen molar-refractivity contribution in [1.29, 1.82) is 0 Å². The highest BCUT2D eigenvalue weighted by Gasteiger charge is 2.19. The Labute approximate surface area is 149 Å². The molecule has 1 amide bonds. The fraction of sp³-hybridized carbons (Fsp3) is 0.357. The number of carbonyl (C=O) groups excluding carboxylic acids is 1. The van der Waals surface area contributed by atoms with Gasteiger partial charge in [-0.3, -0.25) is 9.36 Å². The van der Waals surface area contributed by atoms with Gasteiger partial charge in [0.2, 0.25) is 15.9 Å². The molecule has 0 aliphatic heterocycles. The number of hydrogen-bond donors (Lipinski definition) is 3. The average molecular weight is 385 g/mol. The van der Waals surface area contributed by atoms with Crippen molar-refractivity contribution in [3.63, 3.8) is 0 Å². The predicted octanol–water partition coefficient (Wildman–Crippen LogP) is 0.748. The van der Waals surface area contributed by atoms with Crippen molar-refractivity contribution >= 4 is 33.4 Å². The monoisotopic (exact) mass is 385 g/mol. The van der Waals surface area contributed by atoms with E-state index < -0.39 is 15.3 Å². The Morgan fingerprint density at radius 2 is 2.04 bits per heavy atom. The highest BCUT2D eigenvalue weighted by Crippen LogP contribution is 2.22. The van der Waals surface area contributed by atoms with E-state index in [2.05, 4.69) is 15.5 Å². The fourth-order valence-corrected chi connectivity index (χ4v) is 3.39. The second-order valence-electron chi connectivity index (χ2n) is 5.28. The van der Waals surface area contributed by atoms with Crippen molar-refractivity contribution in [2.75, 3.05) is 5.32 Å². The van der Waals surface area contributed by atoms with E-state index in [1.165, 1.54) is 28.8 Å². The molecule has 1 atom stereocenters. The van der Waals surface area contributed by atoms with Crippen LogP contribution >= 0.6 is 11.8 Å². The zero-order valence-corrected chi connectivity index (χ0v) is 15.4. The lowest BCUT2D eigenvalue weighted by atomic mass is 10.3. The molecule has 136 valence electrons. The van der Waals surface area contributed by atoms with E-state index in [1.54, 1.807) is 6.92 Å². The van der Waals surface area contributed by atoms with E-state index in [4.69, 9.17) is 5.14 Å². The zero-order chi connectivity index (χ0) is 18.6. The van der Waals surface area contributed by atoms with Crippen LogP contribution in [0.3, 0.4) is 0 Å². The SMILES string of the molecule is CCCn1c(S[C@H](C)C(=O)Nc2ccc(S(N)(=O)=O)cc2)n[nH]c1=O. The van der Waals surface area contributed by atoms with Gasteiger partial charge in [-0.25, -0.2) is 23.4 Å². The molecule has 1 aromatic carbocycles. The molecule has 11 heteroatoms. The molecule has 0 saturated carbocycles. The first-order valence-electron chi connectivity index (χ1n) is 7.48. The van der Waals surface area contributed by atoms with Crippen molar-refractivity contribution < 1.29 is 13.2 Å². The molecule has 0 aliphatic carbocycles. The summed E-state index contributed by atoms with van der Waals surface area (Å²) < 4.78 is 23.9. The molecule has 2 rings (SSSR count). The van der Waals surface area contributed by atoms with Gasteiger partial charge in [0, 0.05) is 12.2 Å². The highest BCUT2D eigenvalue weighted by molar-refractivity contribution is 8.00. The minimum absolute atomic E-state index is 0.0342. The van der Waals surface area contributed by atoms with Crippen LogP contribution in [0.5, 0.6) is 0 Å². The van der Waals surface area contributed by atoms with Gasteiger partial charge in [0.15, 0.2) is 5.16 Å². The Kier molecular flexibility index (Phi) is 6.03. The third-order valence-corrected chi connectivity index (χ3v) is 5.29. The van der Waals surface area contributed by atoms with Gasteiger partial charge >= 0.3 is 5.69 Å². The summed E-state index contributed by atoms with van der Waals surface area (Å²) in [6, 6.07) is 5.54. The predicted molar refractivity (Wildman–Crippen MR) is 94.9 cm³/mol. The Morgan fingerprint density at radius 3 is 2.60 bits per heavy atom. The summed E-state index contributed by atoms with van der Waals surface area (Å²) in [6.45, 7) is 4.14. The Morgan fingerprint density at radius 1 is 1.40 bits per heavy atom. The lowest BCUT2D eigenvalue weighted by Crippen LogP contribution is -2.24. The second-order valence-corrected chi connectivity index (χ2v) is 8.15. The smallest absolute Gasteiger partial charge is 0.325 e.